The molecule has 6 rings (SSSR count). The summed E-state index contributed by atoms with van der Waals surface area (Å²) in [4.78, 5) is 26.2. The molecule has 1 unspecified atom stereocenters. The van der Waals surface area contributed by atoms with Gasteiger partial charge in [-0.3, -0.25) is 0 Å². The van der Waals surface area contributed by atoms with Gasteiger partial charge in [0.2, 0.25) is 0 Å². The number of fused-ring (bicyclic) bond motifs is 5. The van der Waals surface area contributed by atoms with Crippen LogP contribution in [0, 0.1) is 13.8 Å². The lowest BCUT2D eigenvalue weighted by molar-refractivity contribution is -0.138. The van der Waals surface area contributed by atoms with Crippen LogP contribution in [-0.2, 0) is 31.9 Å². The SMILES string of the molecule is CCOC(=O)/C=C/c1c2c(c3n1[B-](F)(F)N1C(=C3c3c(C)cc(Br)cc3C)C3=C(CCC3)C1(C)/C=C/C(=O)OCC)CCC2. The van der Waals surface area contributed by atoms with Gasteiger partial charge in [-0.25, -0.2) is 9.59 Å². The number of carbonyl (C=O) groups is 2. The van der Waals surface area contributed by atoms with Crippen LogP contribution in [0.25, 0.3) is 11.6 Å². The summed E-state index contributed by atoms with van der Waals surface area (Å²) in [5, 5.41) is 0. The van der Waals surface area contributed by atoms with Crippen LogP contribution >= 0.6 is 15.9 Å². The second-order valence-electron chi connectivity index (χ2n) is 12.1. The molecular weight excluding hydrogens is 629 g/mol. The molecule has 4 aliphatic rings. The fraction of sp³-hybridized carbons (Fsp3) is 0.412. The highest BCUT2D eigenvalue weighted by Crippen LogP contribution is 2.59. The summed E-state index contributed by atoms with van der Waals surface area (Å²) < 4.78 is 47.7. The molecule has 2 aromatic rings. The van der Waals surface area contributed by atoms with E-state index in [4.69, 9.17) is 9.47 Å². The van der Waals surface area contributed by atoms with Crippen LogP contribution in [0.15, 0.2) is 51.7 Å². The van der Waals surface area contributed by atoms with Gasteiger partial charge in [-0.05, 0) is 130 Å². The Hall–Kier alpha value is -3.40. The highest BCUT2D eigenvalue weighted by Gasteiger charge is 2.57. The van der Waals surface area contributed by atoms with E-state index in [0.29, 0.717) is 42.8 Å². The first-order chi connectivity index (χ1) is 20.9. The number of carbonyl (C=O) groups excluding carboxylic acids is 2. The second kappa shape index (κ2) is 11.2. The lowest BCUT2D eigenvalue weighted by Gasteiger charge is -2.54. The number of aromatic nitrogens is 1. The molecule has 1 atom stereocenters. The van der Waals surface area contributed by atoms with Crippen LogP contribution in [-0.4, -0.2) is 47.0 Å². The summed E-state index contributed by atoms with van der Waals surface area (Å²) in [5.41, 5.74) is 7.55. The lowest BCUT2D eigenvalue weighted by Crippen LogP contribution is -2.62. The van der Waals surface area contributed by atoms with Crippen LogP contribution in [0.1, 0.15) is 85.7 Å². The van der Waals surface area contributed by atoms with E-state index < -0.39 is 24.4 Å². The van der Waals surface area contributed by atoms with Gasteiger partial charge in [0, 0.05) is 44.8 Å². The molecule has 44 heavy (non-hydrogen) atoms. The van der Waals surface area contributed by atoms with E-state index in [0.717, 1.165) is 61.9 Å². The van der Waals surface area contributed by atoms with Crippen molar-refractivity contribution < 1.29 is 27.7 Å². The Morgan fingerprint density at radius 2 is 1.59 bits per heavy atom. The van der Waals surface area contributed by atoms with E-state index in [9.17, 15) is 9.59 Å². The maximum atomic E-state index is 17.7. The quantitative estimate of drug-likeness (QED) is 0.173. The van der Waals surface area contributed by atoms with Crippen molar-refractivity contribution in [2.24, 2.45) is 0 Å². The van der Waals surface area contributed by atoms with Crippen LogP contribution in [0.2, 0.25) is 0 Å². The van der Waals surface area contributed by atoms with Crippen molar-refractivity contribution in [2.75, 3.05) is 13.2 Å². The van der Waals surface area contributed by atoms with Crippen molar-refractivity contribution in [3.63, 3.8) is 0 Å². The van der Waals surface area contributed by atoms with E-state index in [2.05, 4.69) is 15.9 Å². The summed E-state index contributed by atoms with van der Waals surface area (Å²) >= 11 is 3.62. The normalized spacial score (nSPS) is 21.8. The highest BCUT2D eigenvalue weighted by atomic mass is 79.9. The first-order valence-electron chi connectivity index (χ1n) is 15.5. The molecular formula is C34H37BBrF2N2O4-. The number of esters is 2. The minimum Gasteiger partial charge on any atom is -0.463 e. The summed E-state index contributed by atoms with van der Waals surface area (Å²) in [7, 11) is 0. The Morgan fingerprint density at radius 3 is 2.25 bits per heavy atom. The number of ether oxygens (including phenoxy) is 2. The maximum Gasteiger partial charge on any atom is 0.530 e. The predicted molar refractivity (Wildman–Crippen MR) is 172 cm³/mol. The zero-order chi connectivity index (χ0) is 31.6. The zero-order valence-corrected chi connectivity index (χ0v) is 27.4. The third-order valence-electron chi connectivity index (χ3n) is 9.51. The van der Waals surface area contributed by atoms with Crippen molar-refractivity contribution >= 4 is 46.5 Å². The van der Waals surface area contributed by atoms with Gasteiger partial charge in [-0.15, -0.1) is 0 Å². The molecule has 2 aliphatic carbocycles. The molecule has 0 radical (unpaired) electrons. The standard InChI is InChI=1S/C34H37BBrF2N2O4/c1-6-43-28(41)15-14-27-23-10-8-11-24(23)32-31(30-20(3)18-22(36)19-21(30)4)33-25-12-9-13-26(25)34(5,17-16-29(42)44-7-2)40(33)35(37,38)39(27)32/h14-19H,6-13H2,1-5H3/q-1/b15-14+,17-16+. The topological polar surface area (TPSA) is 60.8 Å². The molecule has 10 heteroatoms. The smallest absolute Gasteiger partial charge is 0.463 e. The van der Waals surface area contributed by atoms with Gasteiger partial charge in [-0.2, -0.15) is 0 Å². The van der Waals surface area contributed by atoms with Crippen molar-refractivity contribution in [3.05, 3.63) is 90.9 Å². The van der Waals surface area contributed by atoms with Crippen molar-refractivity contribution in [3.8, 4) is 0 Å². The Balaban J connectivity index is 1.72. The average Bonchev–Trinajstić information content (AvgIpc) is 3.71. The third-order valence-corrected chi connectivity index (χ3v) is 9.96. The number of aryl methyl sites for hydroxylation is 2. The zero-order valence-electron chi connectivity index (χ0n) is 25.9. The van der Waals surface area contributed by atoms with Crippen molar-refractivity contribution in [1.29, 1.82) is 0 Å². The molecule has 0 saturated heterocycles. The highest BCUT2D eigenvalue weighted by molar-refractivity contribution is 9.10. The Morgan fingerprint density at radius 1 is 0.977 bits per heavy atom. The largest absolute Gasteiger partial charge is 0.530 e. The maximum absolute atomic E-state index is 17.7. The Bertz CT molecular complexity index is 1700. The number of hydrogen-bond donors (Lipinski definition) is 0. The van der Waals surface area contributed by atoms with Gasteiger partial charge in [0.1, 0.15) is 0 Å². The molecule has 0 spiro atoms. The average molecular weight is 666 g/mol. The third kappa shape index (κ3) is 4.54. The van der Waals surface area contributed by atoms with E-state index in [1.165, 1.54) is 27.5 Å². The molecule has 6 nitrogen and oxygen atoms in total. The molecule has 0 N–H and O–H groups in total. The molecule has 0 saturated carbocycles. The van der Waals surface area contributed by atoms with Crippen LogP contribution < -0.4 is 0 Å². The molecule has 1 aromatic heterocycles. The first-order valence-corrected chi connectivity index (χ1v) is 16.3. The number of nitrogens with zero attached hydrogens (tertiary/aromatic N) is 2. The molecule has 1 aromatic carbocycles. The van der Waals surface area contributed by atoms with Gasteiger partial charge in [0.25, 0.3) is 0 Å². The molecule has 0 amide bonds. The number of halogens is 3. The van der Waals surface area contributed by atoms with E-state index in [-0.39, 0.29) is 13.2 Å². The molecule has 0 bridgehead atoms. The van der Waals surface area contributed by atoms with Crippen LogP contribution in [0.5, 0.6) is 0 Å². The molecule has 3 heterocycles. The van der Waals surface area contributed by atoms with Gasteiger partial charge in [0.05, 0.1) is 13.2 Å². The lowest BCUT2D eigenvalue weighted by atomic mass is 9.76. The van der Waals surface area contributed by atoms with E-state index in [1.807, 2.05) is 26.0 Å². The minimum absolute atomic E-state index is 0.197. The Kier molecular flexibility index (Phi) is 7.79. The van der Waals surface area contributed by atoms with Gasteiger partial charge in [0.15, 0.2) is 0 Å². The molecule has 2 aliphatic heterocycles. The second-order valence-corrected chi connectivity index (χ2v) is 13.1. The van der Waals surface area contributed by atoms with E-state index >= 15 is 8.63 Å². The number of benzene rings is 1. The van der Waals surface area contributed by atoms with Gasteiger partial charge < -0.3 is 27.4 Å². The Labute approximate surface area is 265 Å². The summed E-state index contributed by atoms with van der Waals surface area (Å²) in [5.74, 6) is -1.13. The summed E-state index contributed by atoms with van der Waals surface area (Å²) in [6, 6.07) is 4.07. The summed E-state index contributed by atoms with van der Waals surface area (Å²) in [6.07, 6.45) is 10.1. The number of hydrogen-bond acceptors (Lipinski definition) is 5. The number of rotatable bonds is 7. The van der Waals surface area contributed by atoms with E-state index in [1.54, 1.807) is 26.8 Å². The number of allylic oxidation sites excluding steroid dienone is 1. The summed E-state index contributed by atoms with van der Waals surface area (Å²) in [6.45, 7) is 5.23. The minimum atomic E-state index is -4.44. The first kappa shape index (κ1) is 30.6. The predicted octanol–water partition coefficient (Wildman–Crippen LogP) is 7.60. The monoisotopic (exact) mass is 665 g/mol. The van der Waals surface area contributed by atoms with Gasteiger partial charge >= 0.3 is 18.9 Å². The molecule has 0 fully saturated rings. The fourth-order valence-corrected chi connectivity index (χ4v) is 8.70. The van der Waals surface area contributed by atoms with Crippen LogP contribution in [0.4, 0.5) is 8.63 Å². The van der Waals surface area contributed by atoms with Crippen molar-refractivity contribution in [2.45, 2.75) is 78.7 Å². The van der Waals surface area contributed by atoms with Crippen molar-refractivity contribution in [1.82, 2.24) is 9.29 Å². The fourth-order valence-electron chi connectivity index (χ4n) is 8.02. The molecule has 232 valence electrons. The van der Waals surface area contributed by atoms with Crippen LogP contribution in [0.3, 0.4) is 0 Å². The van der Waals surface area contributed by atoms with Gasteiger partial charge in [-0.1, -0.05) is 22.0 Å².